The Balaban J connectivity index is 1.09. The summed E-state index contributed by atoms with van der Waals surface area (Å²) in [4.78, 5) is 21.9. The summed E-state index contributed by atoms with van der Waals surface area (Å²) >= 11 is 0. The van der Waals surface area contributed by atoms with Crippen LogP contribution in [0.3, 0.4) is 0 Å². The molecule has 1 aliphatic heterocycles. The van der Waals surface area contributed by atoms with Crippen LogP contribution in [0, 0.1) is 0 Å². The van der Waals surface area contributed by atoms with E-state index in [9.17, 15) is 0 Å². The maximum absolute atomic E-state index is 4.98. The van der Waals surface area contributed by atoms with E-state index in [1.807, 2.05) is 18.5 Å². The second-order valence-electron chi connectivity index (χ2n) is 11.0. The van der Waals surface area contributed by atoms with Crippen molar-refractivity contribution in [2.45, 2.75) is 51.1 Å². The maximum Gasteiger partial charge on any atom is 0.211 e. The smallest absolute Gasteiger partial charge is 0.211 e. The van der Waals surface area contributed by atoms with Crippen molar-refractivity contribution in [3.05, 3.63) is 89.6 Å². The lowest BCUT2D eigenvalue weighted by molar-refractivity contribution is 0.206. The van der Waals surface area contributed by atoms with Crippen LogP contribution < -0.4 is 4.90 Å². The van der Waals surface area contributed by atoms with Gasteiger partial charge in [-0.2, -0.15) is 0 Å². The first kappa shape index (κ1) is 25.0. The number of imidazole rings is 1. The number of benzene rings is 1. The molecule has 7 heteroatoms. The number of aryl methyl sites for hydroxylation is 1. The van der Waals surface area contributed by atoms with Crippen LogP contribution in [-0.2, 0) is 13.0 Å². The average Bonchev–Trinajstić information content (AvgIpc) is 3.39. The summed E-state index contributed by atoms with van der Waals surface area (Å²) in [6.07, 6.45) is 10.7. The lowest BCUT2D eigenvalue weighted by Gasteiger charge is -2.35. The normalized spacial score (nSPS) is 19.1. The van der Waals surface area contributed by atoms with E-state index >= 15 is 0 Å². The maximum atomic E-state index is 4.98. The number of rotatable bonds is 8. The number of fused-ring (bicyclic) bond motifs is 2. The fraction of sp³-hybridized carbons (Fsp3) is 0.452. The Morgan fingerprint density at radius 3 is 2.66 bits per heavy atom. The van der Waals surface area contributed by atoms with Gasteiger partial charge in [0.1, 0.15) is 5.65 Å². The largest absolute Gasteiger partial charge is 0.339 e. The summed E-state index contributed by atoms with van der Waals surface area (Å²) in [5.74, 6) is 1.59. The summed E-state index contributed by atoms with van der Waals surface area (Å²) in [6, 6.07) is 17.5. The van der Waals surface area contributed by atoms with Gasteiger partial charge in [0.05, 0.1) is 17.4 Å². The molecule has 0 saturated carbocycles. The Bertz CT molecular complexity index is 1340. The van der Waals surface area contributed by atoms with Gasteiger partial charge < -0.3 is 4.90 Å². The van der Waals surface area contributed by atoms with E-state index in [2.05, 4.69) is 81.7 Å². The molecule has 0 N–H and O–H groups in total. The molecule has 0 spiro atoms. The number of piperazine rings is 1. The highest BCUT2D eigenvalue weighted by Gasteiger charge is 2.26. The van der Waals surface area contributed by atoms with Gasteiger partial charge >= 0.3 is 0 Å². The van der Waals surface area contributed by atoms with Crippen LogP contribution in [0.5, 0.6) is 0 Å². The average molecular weight is 510 g/mol. The van der Waals surface area contributed by atoms with Crippen LogP contribution in [0.25, 0.3) is 5.65 Å². The van der Waals surface area contributed by atoms with Crippen molar-refractivity contribution in [2.24, 2.45) is 0 Å². The molecule has 3 aromatic heterocycles. The van der Waals surface area contributed by atoms with Gasteiger partial charge in [0.2, 0.25) is 5.95 Å². The Morgan fingerprint density at radius 2 is 1.82 bits per heavy atom. The number of aromatic nitrogens is 4. The van der Waals surface area contributed by atoms with Gasteiger partial charge in [0, 0.05) is 51.3 Å². The second-order valence-corrected chi connectivity index (χ2v) is 11.0. The van der Waals surface area contributed by atoms with E-state index in [4.69, 9.17) is 15.0 Å². The number of hydrogen-bond acceptors (Lipinski definition) is 6. The topological polar surface area (TPSA) is 52.8 Å². The first-order valence-corrected chi connectivity index (χ1v) is 14.1. The second kappa shape index (κ2) is 11.2. The van der Waals surface area contributed by atoms with Gasteiger partial charge in [-0.15, -0.1) is 0 Å². The molecule has 4 aromatic rings. The number of pyridine rings is 1. The van der Waals surface area contributed by atoms with Crippen molar-refractivity contribution < 1.29 is 0 Å². The van der Waals surface area contributed by atoms with E-state index in [-0.39, 0.29) is 0 Å². The lowest BCUT2D eigenvalue weighted by Crippen LogP contribution is -2.47. The standard InChI is InChI=1S/C31H39N7/c1-24(25-8-4-3-5-9-25)14-17-36-18-20-37(21-19-36)31-33-16-13-29-34-27(23-38(29)31)22-35(2)28-12-6-10-26-11-7-15-32-30(26)28/h3-5,7-9,11,13,15-16,23-24,28H,6,10,12,14,17-22H2,1-2H3. The number of nitrogens with zero attached hydrogens (tertiary/aromatic N) is 7. The van der Waals surface area contributed by atoms with Crippen LogP contribution >= 0.6 is 0 Å². The number of anilines is 1. The third-order valence-corrected chi connectivity index (χ3v) is 8.42. The molecule has 0 radical (unpaired) electrons. The molecule has 2 aliphatic rings. The van der Waals surface area contributed by atoms with E-state index in [0.29, 0.717) is 12.0 Å². The van der Waals surface area contributed by atoms with Crippen LogP contribution in [0.15, 0.2) is 67.1 Å². The van der Waals surface area contributed by atoms with E-state index < -0.39 is 0 Å². The third kappa shape index (κ3) is 5.31. The fourth-order valence-corrected chi connectivity index (χ4v) is 6.14. The third-order valence-electron chi connectivity index (χ3n) is 8.42. The molecule has 0 bridgehead atoms. The summed E-state index contributed by atoms with van der Waals surface area (Å²) < 4.78 is 2.18. The molecule has 1 saturated heterocycles. The molecular weight excluding hydrogens is 470 g/mol. The minimum absolute atomic E-state index is 0.347. The molecule has 1 aromatic carbocycles. The van der Waals surface area contributed by atoms with Crippen molar-refractivity contribution >= 4 is 11.6 Å². The molecule has 1 aliphatic carbocycles. The molecule has 38 heavy (non-hydrogen) atoms. The highest BCUT2D eigenvalue weighted by atomic mass is 15.3. The molecule has 198 valence electrons. The van der Waals surface area contributed by atoms with Gasteiger partial charge in [-0.3, -0.25) is 19.2 Å². The van der Waals surface area contributed by atoms with Crippen LogP contribution in [0.2, 0.25) is 0 Å². The number of hydrogen-bond donors (Lipinski definition) is 0. The summed E-state index contributed by atoms with van der Waals surface area (Å²) in [7, 11) is 2.20. The highest BCUT2D eigenvalue weighted by molar-refractivity contribution is 5.48. The molecule has 1 fully saturated rings. The van der Waals surface area contributed by atoms with Gasteiger partial charge in [0.25, 0.3) is 0 Å². The Labute approximate surface area is 226 Å². The minimum atomic E-state index is 0.347. The SMILES string of the molecule is CC(CCN1CCN(c2nccc3nc(CN(C)C4CCCc5cccnc54)cn23)CC1)c1ccccc1. The minimum Gasteiger partial charge on any atom is -0.339 e. The van der Waals surface area contributed by atoms with Crippen LogP contribution in [0.4, 0.5) is 5.95 Å². The molecule has 0 amide bonds. The quantitative estimate of drug-likeness (QED) is 0.335. The predicted molar refractivity (Wildman–Crippen MR) is 152 cm³/mol. The van der Waals surface area contributed by atoms with E-state index in [1.54, 1.807) is 0 Å². The predicted octanol–water partition coefficient (Wildman–Crippen LogP) is 4.95. The fourth-order valence-electron chi connectivity index (χ4n) is 6.14. The van der Waals surface area contributed by atoms with E-state index in [0.717, 1.165) is 69.4 Å². The lowest BCUT2D eigenvalue weighted by atomic mass is 9.91. The van der Waals surface area contributed by atoms with Crippen molar-refractivity contribution in [1.82, 2.24) is 29.2 Å². The van der Waals surface area contributed by atoms with Gasteiger partial charge in [-0.05, 0) is 68.5 Å². The summed E-state index contributed by atoms with van der Waals surface area (Å²) in [5.41, 5.74) is 6.12. The summed E-state index contributed by atoms with van der Waals surface area (Å²) in [6.45, 7) is 8.40. The zero-order valence-electron chi connectivity index (χ0n) is 22.7. The first-order valence-electron chi connectivity index (χ1n) is 14.1. The molecular formula is C31H39N7. The van der Waals surface area contributed by atoms with Gasteiger partial charge in [-0.1, -0.05) is 43.3 Å². The molecule has 2 unspecified atom stereocenters. The molecule has 4 heterocycles. The van der Waals surface area contributed by atoms with Crippen molar-refractivity contribution in [3.8, 4) is 0 Å². The van der Waals surface area contributed by atoms with Crippen molar-refractivity contribution in [2.75, 3.05) is 44.7 Å². The van der Waals surface area contributed by atoms with E-state index in [1.165, 1.54) is 29.7 Å². The van der Waals surface area contributed by atoms with Crippen LogP contribution in [0.1, 0.15) is 60.7 Å². The Hall–Kier alpha value is -3.29. The summed E-state index contributed by atoms with van der Waals surface area (Å²) in [5, 5.41) is 0. The Morgan fingerprint density at radius 1 is 0.974 bits per heavy atom. The monoisotopic (exact) mass is 509 g/mol. The van der Waals surface area contributed by atoms with Crippen molar-refractivity contribution in [1.29, 1.82) is 0 Å². The zero-order valence-corrected chi connectivity index (χ0v) is 22.7. The molecule has 2 atom stereocenters. The zero-order chi connectivity index (χ0) is 25.9. The molecule has 7 nitrogen and oxygen atoms in total. The molecule has 6 rings (SSSR count). The highest BCUT2D eigenvalue weighted by Crippen LogP contribution is 2.32. The Kier molecular flexibility index (Phi) is 7.38. The first-order chi connectivity index (χ1) is 18.7. The van der Waals surface area contributed by atoms with Crippen molar-refractivity contribution in [3.63, 3.8) is 0 Å². The van der Waals surface area contributed by atoms with Gasteiger partial charge in [0.15, 0.2) is 0 Å². The van der Waals surface area contributed by atoms with Gasteiger partial charge in [-0.25, -0.2) is 9.97 Å². The van der Waals surface area contributed by atoms with Crippen LogP contribution in [-0.4, -0.2) is 68.9 Å².